The molecule has 0 spiro atoms. The lowest BCUT2D eigenvalue weighted by Crippen LogP contribution is -2.09. The van der Waals surface area contributed by atoms with Gasteiger partial charge in [0.15, 0.2) is 0 Å². The fourth-order valence-corrected chi connectivity index (χ4v) is 4.43. The molecule has 0 aliphatic heterocycles. The molecule has 4 rings (SSSR count). The van der Waals surface area contributed by atoms with Crippen LogP contribution in [-0.2, 0) is 6.42 Å². The fourth-order valence-electron chi connectivity index (χ4n) is 3.89. The van der Waals surface area contributed by atoms with Gasteiger partial charge in [-0.15, -0.1) is 0 Å². The molecule has 0 nitrogen and oxygen atoms in total. The van der Waals surface area contributed by atoms with Crippen molar-refractivity contribution in [3.05, 3.63) is 59.7 Å². The summed E-state index contributed by atoms with van der Waals surface area (Å²) in [6.07, 6.45) is 5.24. The fraction of sp³-hybridized carbons (Fsp3) is 0.300. The number of alkyl halides is 1. The molecular weight excluding hydrogens is 367 g/mol. The Morgan fingerprint density at radius 2 is 1.62 bits per heavy atom. The zero-order valence-corrected chi connectivity index (χ0v) is 14.3. The first kappa shape index (κ1) is 13.6. The van der Waals surface area contributed by atoms with Crippen molar-refractivity contribution in [2.75, 3.05) is 4.43 Å². The van der Waals surface area contributed by atoms with Crippen LogP contribution >= 0.6 is 22.6 Å². The molecule has 1 unspecified atom stereocenters. The topological polar surface area (TPSA) is 0 Å². The summed E-state index contributed by atoms with van der Waals surface area (Å²) in [5.41, 5.74) is 3.14. The number of unbranched alkanes of at least 4 members (excludes halogenated alkanes) is 1. The summed E-state index contributed by atoms with van der Waals surface area (Å²) in [4.78, 5) is 0. The van der Waals surface area contributed by atoms with Crippen LogP contribution in [0.2, 0.25) is 0 Å². The summed E-state index contributed by atoms with van der Waals surface area (Å²) in [5.74, 6) is 0.706. The summed E-state index contributed by atoms with van der Waals surface area (Å²) in [6, 6.07) is 18.3. The molecule has 0 fully saturated rings. The first-order chi connectivity index (χ1) is 10.4. The van der Waals surface area contributed by atoms with Crippen molar-refractivity contribution in [1.82, 2.24) is 0 Å². The first-order valence-electron chi connectivity index (χ1n) is 7.87. The minimum atomic E-state index is 0.706. The highest BCUT2D eigenvalue weighted by Crippen LogP contribution is 2.42. The average Bonchev–Trinajstić information content (AvgIpc) is 2.53. The number of halogens is 1. The van der Waals surface area contributed by atoms with E-state index in [9.17, 15) is 0 Å². The Bertz CT molecular complexity index is 803. The largest absolute Gasteiger partial charge is 0.0864 e. The molecule has 21 heavy (non-hydrogen) atoms. The predicted molar refractivity (Wildman–Crippen MR) is 101 cm³/mol. The zero-order valence-electron chi connectivity index (χ0n) is 12.1. The average molecular weight is 386 g/mol. The molecule has 1 heteroatoms. The van der Waals surface area contributed by atoms with Crippen LogP contribution in [0.5, 0.6) is 0 Å². The highest BCUT2D eigenvalue weighted by Gasteiger charge is 2.22. The van der Waals surface area contributed by atoms with Gasteiger partial charge in [0, 0.05) is 0 Å². The van der Waals surface area contributed by atoms with E-state index in [1.54, 1.807) is 11.1 Å². The number of benzene rings is 3. The highest BCUT2D eigenvalue weighted by atomic mass is 127. The Morgan fingerprint density at radius 1 is 0.857 bits per heavy atom. The molecule has 1 atom stereocenters. The monoisotopic (exact) mass is 386 g/mol. The van der Waals surface area contributed by atoms with Crippen LogP contribution in [0.15, 0.2) is 48.5 Å². The lowest BCUT2D eigenvalue weighted by molar-refractivity contribution is 0.587. The van der Waals surface area contributed by atoms with Crippen LogP contribution in [0.25, 0.3) is 21.5 Å². The first-order valence-corrected chi connectivity index (χ1v) is 9.40. The van der Waals surface area contributed by atoms with Crippen molar-refractivity contribution >= 4 is 44.1 Å². The Labute approximate surface area is 139 Å². The van der Waals surface area contributed by atoms with Crippen molar-refractivity contribution in [3.8, 4) is 0 Å². The molecule has 1 aliphatic carbocycles. The zero-order chi connectivity index (χ0) is 14.2. The molecule has 0 heterocycles. The van der Waals surface area contributed by atoms with Gasteiger partial charge in [-0.2, -0.15) is 0 Å². The van der Waals surface area contributed by atoms with E-state index >= 15 is 0 Å². The van der Waals surface area contributed by atoms with Crippen molar-refractivity contribution < 1.29 is 0 Å². The Hall–Kier alpha value is -1.09. The smallest absolute Gasteiger partial charge is 0.000472 e. The van der Waals surface area contributed by atoms with E-state index in [1.807, 2.05) is 0 Å². The van der Waals surface area contributed by atoms with Crippen LogP contribution in [0, 0.1) is 0 Å². The van der Waals surface area contributed by atoms with Crippen molar-refractivity contribution in [3.63, 3.8) is 0 Å². The second-order valence-corrected chi connectivity index (χ2v) is 7.19. The highest BCUT2D eigenvalue weighted by molar-refractivity contribution is 14.1. The number of rotatable bonds is 4. The Morgan fingerprint density at radius 3 is 2.43 bits per heavy atom. The van der Waals surface area contributed by atoms with E-state index in [-0.39, 0.29) is 0 Å². The van der Waals surface area contributed by atoms with Crippen LogP contribution in [0.3, 0.4) is 0 Å². The van der Waals surface area contributed by atoms with Crippen LogP contribution in [0.4, 0.5) is 0 Å². The van der Waals surface area contributed by atoms with Gasteiger partial charge in [0.1, 0.15) is 0 Å². The third-order valence-electron chi connectivity index (χ3n) is 4.85. The van der Waals surface area contributed by atoms with Gasteiger partial charge in [0.05, 0.1) is 0 Å². The molecule has 106 valence electrons. The molecule has 0 saturated heterocycles. The molecule has 0 N–H and O–H groups in total. The lowest BCUT2D eigenvalue weighted by Gasteiger charge is -2.26. The number of hydrogen-bond donors (Lipinski definition) is 0. The molecule has 0 amide bonds. The second-order valence-electron chi connectivity index (χ2n) is 6.11. The maximum atomic E-state index is 2.49. The molecule has 1 aliphatic rings. The molecule has 3 aromatic carbocycles. The third kappa shape index (κ3) is 2.26. The van der Waals surface area contributed by atoms with E-state index < -0.39 is 0 Å². The summed E-state index contributed by atoms with van der Waals surface area (Å²) in [7, 11) is 0. The van der Waals surface area contributed by atoms with Crippen molar-refractivity contribution in [2.24, 2.45) is 0 Å². The van der Waals surface area contributed by atoms with Crippen LogP contribution in [-0.4, -0.2) is 4.43 Å². The van der Waals surface area contributed by atoms with Crippen molar-refractivity contribution in [1.29, 1.82) is 0 Å². The van der Waals surface area contributed by atoms with E-state index in [0.717, 1.165) is 0 Å². The minimum Gasteiger partial charge on any atom is -0.0864 e. The second kappa shape index (κ2) is 5.60. The van der Waals surface area contributed by atoms with Gasteiger partial charge in [-0.3, -0.25) is 0 Å². The summed E-state index contributed by atoms with van der Waals surface area (Å²) < 4.78 is 1.28. The van der Waals surface area contributed by atoms with Crippen molar-refractivity contribution in [2.45, 2.75) is 31.6 Å². The lowest BCUT2D eigenvalue weighted by atomic mass is 9.78. The Balaban J connectivity index is 1.92. The van der Waals surface area contributed by atoms with Gasteiger partial charge < -0.3 is 0 Å². The Kier molecular flexibility index (Phi) is 3.62. The van der Waals surface area contributed by atoms with E-state index in [1.165, 1.54) is 51.7 Å². The standard InChI is InChI=1S/C20H19I/c21-12-2-1-5-16-13-17-8-3-6-14-10-11-15-7-4-9-18(16)20(15)19(14)17/h3-4,6-11,16H,1-2,5,12-13H2. The molecule has 0 saturated carbocycles. The minimum absolute atomic E-state index is 0.706. The molecule has 0 bridgehead atoms. The normalized spacial score (nSPS) is 16.9. The maximum Gasteiger partial charge on any atom is -0.000472 e. The summed E-state index contributed by atoms with van der Waals surface area (Å²) in [6.45, 7) is 0. The van der Waals surface area contributed by atoms with E-state index in [4.69, 9.17) is 0 Å². The quantitative estimate of drug-likeness (QED) is 0.216. The SMILES string of the molecule is ICCCCC1Cc2cccc3ccc4cccc1c4c23. The van der Waals surface area contributed by atoms with Gasteiger partial charge in [0.2, 0.25) is 0 Å². The molecule has 0 radical (unpaired) electrons. The predicted octanol–water partition coefficient (Wildman–Crippen LogP) is 6.24. The van der Waals surface area contributed by atoms with Crippen LogP contribution in [0.1, 0.15) is 36.3 Å². The summed E-state index contributed by atoms with van der Waals surface area (Å²) in [5, 5.41) is 5.84. The third-order valence-corrected chi connectivity index (χ3v) is 5.61. The summed E-state index contributed by atoms with van der Waals surface area (Å²) >= 11 is 2.49. The molecular formula is C20H19I. The maximum absolute atomic E-state index is 2.49. The van der Waals surface area contributed by atoms with Gasteiger partial charge in [-0.05, 0) is 62.3 Å². The van der Waals surface area contributed by atoms with Gasteiger partial charge in [-0.25, -0.2) is 0 Å². The van der Waals surface area contributed by atoms with E-state index in [0.29, 0.717) is 5.92 Å². The van der Waals surface area contributed by atoms with Gasteiger partial charge in [-0.1, -0.05) is 77.5 Å². The van der Waals surface area contributed by atoms with Crippen LogP contribution < -0.4 is 0 Å². The van der Waals surface area contributed by atoms with Gasteiger partial charge in [0.25, 0.3) is 0 Å². The molecule has 0 aromatic heterocycles. The van der Waals surface area contributed by atoms with E-state index in [2.05, 4.69) is 71.1 Å². The number of hydrogen-bond acceptors (Lipinski definition) is 0. The van der Waals surface area contributed by atoms with Gasteiger partial charge >= 0.3 is 0 Å². The molecule has 3 aromatic rings.